The third-order valence-corrected chi connectivity index (χ3v) is 8.07. The van der Waals surface area contributed by atoms with Crippen molar-refractivity contribution in [1.82, 2.24) is 0 Å². The lowest BCUT2D eigenvalue weighted by atomic mass is 10.1. The average molecular weight is 483 g/mol. The van der Waals surface area contributed by atoms with Crippen LogP contribution in [0.5, 0.6) is 11.5 Å². The topological polar surface area (TPSA) is 83.5 Å². The van der Waals surface area contributed by atoms with E-state index in [1.807, 2.05) is 45.9 Å². The molecule has 0 fully saturated rings. The maximum Gasteiger partial charge on any atom is 0.500 e. The fourth-order valence-corrected chi connectivity index (χ4v) is 6.20. The van der Waals surface area contributed by atoms with Gasteiger partial charge >= 0.3 is 14.8 Å². The molecule has 0 radical (unpaired) electrons. The van der Waals surface area contributed by atoms with Gasteiger partial charge < -0.3 is 27.9 Å². The molecule has 0 spiro atoms. The number of aliphatic carboxylic acids is 1. The highest BCUT2D eigenvalue weighted by molar-refractivity contribution is 6.60. The number of carboxylic acid groups (broad SMARTS) is 1. The van der Waals surface area contributed by atoms with Crippen molar-refractivity contribution in [2.24, 2.45) is 0 Å². The molecular weight excluding hydrogens is 440 g/mol. The molecule has 1 rings (SSSR count). The smallest absolute Gasteiger partial charge is 0.490 e. The van der Waals surface area contributed by atoms with Gasteiger partial charge in [0.1, 0.15) is 0 Å². The van der Waals surface area contributed by atoms with Crippen LogP contribution in [0, 0.1) is 0 Å². The van der Waals surface area contributed by atoms with E-state index in [0.29, 0.717) is 44.5 Å². The summed E-state index contributed by atoms with van der Waals surface area (Å²) in [6.45, 7) is 10.9. The van der Waals surface area contributed by atoms with Crippen LogP contribution < -0.4 is 9.47 Å². The molecule has 1 aromatic carbocycles. The Bertz CT molecular complexity index is 676. The molecule has 1 N–H and O–H groups in total. The highest BCUT2D eigenvalue weighted by Crippen LogP contribution is 2.29. The van der Waals surface area contributed by atoms with Crippen LogP contribution in [0.1, 0.15) is 71.8 Å². The number of carboxylic acids is 1. The maximum atomic E-state index is 10.7. The Balaban J connectivity index is 2.35. The molecule has 0 aliphatic rings. The second kappa shape index (κ2) is 17.6. The van der Waals surface area contributed by atoms with E-state index in [4.69, 9.17) is 27.9 Å². The Hall–Kier alpha value is -1.87. The van der Waals surface area contributed by atoms with Crippen molar-refractivity contribution in [3.8, 4) is 11.5 Å². The molecule has 7 nitrogen and oxygen atoms in total. The van der Waals surface area contributed by atoms with Crippen LogP contribution in [0.3, 0.4) is 0 Å². The molecule has 0 unspecified atom stereocenters. The van der Waals surface area contributed by atoms with Crippen molar-refractivity contribution in [2.45, 2.75) is 72.3 Å². The van der Waals surface area contributed by atoms with Gasteiger partial charge in [0.15, 0.2) is 11.5 Å². The van der Waals surface area contributed by atoms with Gasteiger partial charge in [0.25, 0.3) is 0 Å². The quantitative estimate of drug-likeness (QED) is 0.140. The molecule has 0 atom stereocenters. The lowest BCUT2D eigenvalue weighted by Gasteiger charge is -2.28. The number of benzene rings is 1. The largest absolute Gasteiger partial charge is 0.500 e. The Morgan fingerprint density at radius 3 is 2.00 bits per heavy atom. The van der Waals surface area contributed by atoms with Crippen LogP contribution in [-0.4, -0.2) is 52.9 Å². The van der Waals surface area contributed by atoms with E-state index in [1.54, 1.807) is 6.08 Å². The molecule has 8 heteroatoms. The van der Waals surface area contributed by atoms with E-state index in [2.05, 4.69) is 0 Å². The van der Waals surface area contributed by atoms with E-state index in [9.17, 15) is 4.79 Å². The molecule has 1 aromatic rings. The monoisotopic (exact) mass is 482 g/mol. The predicted molar refractivity (Wildman–Crippen MR) is 133 cm³/mol. The first-order valence-corrected chi connectivity index (χ1v) is 14.2. The van der Waals surface area contributed by atoms with E-state index in [1.165, 1.54) is 0 Å². The zero-order chi connectivity index (χ0) is 24.4. The van der Waals surface area contributed by atoms with Gasteiger partial charge in [-0.05, 0) is 64.3 Å². The first-order chi connectivity index (χ1) is 16.0. The lowest BCUT2D eigenvalue weighted by Crippen LogP contribution is -2.45. The molecule has 0 aromatic heterocycles. The number of hydrogen-bond acceptors (Lipinski definition) is 6. The average Bonchev–Trinajstić information content (AvgIpc) is 2.78. The fourth-order valence-electron chi connectivity index (χ4n) is 3.52. The van der Waals surface area contributed by atoms with Crippen LogP contribution in [0.25, 0.3) is 6.08 Å². The highest BCUT2D eigenvalue weighted by atomic mass is 28.4. The van der Waals surface area contributed by atoms with Gasteiger partial charge in [-0.2, -0.15) is 0 Å². The summed E-state index contributed by atoms with van der Waals surface area (Å²) in [4.78, 5) is 10.7. The van der Waals surface area contributed by atoms with Gasteiger partial charge in [-0.15, -0.1) is 0 Å². The van der Waals surface area contributed by atoms with E-state index in [-0.39, 0.29) is 0 Å². The number of hydrogen-bond donors (Lipinski definition) is 1. The summed E-state index contributed by atoms with van der Waals surface area (Å²) in [5.41, 5.74) is 0.765. The SMILES string of the molecule is CCOc1ccc(C=CC(=O)O)cc1OCCCCCCCC[Si](OCC)(OCC)OCC. The Morgan fingerprint density at radius 2 is 1.42 bits per heavy atom. The number of carbonyl (C=O) groups is 1. The summed E-state index contributed by atoms with van der Waals surface area (Å²) in [7, 11) is -2.51. The summed E-state index contributed by atoms with van der Waals surface area (Å²) >= 11 is 0. The molecule has 0 saturated carbocycles. The Labute approximate surface area is 200 Å². The van der Waals surface area contributed by atoms with Gasteiger partial charge in [-0.3, -0.25) is 0 Å². The molecular formula is C25H42O7Si. The summed E-state index contributed by atoms with van der Waals surface area (Å²) < 4.78 is 29.3. The first-order valence-electron chi connectivity index (χ1n) is 12.2. The second-order valence-corrected chi connectivity index (χ2v) is 10.2. The third-order valence-electron chi connectivity index (χ3n) is 4.91. The van der Waals surface area contributed by atoms with Gasteiger partial charge in [0, 0.05) is 31.9 Å². The molecule has 0 saturated heterocycles. The number of ether oxygens (including phenoxy) is 2. The first kappa shape index (κ1) is 29.2. The van der Waals surface area contributed by atoms with Crippen molar-refractivity contribution in [3.05, 3.63) is 29.8 Å². The van der Waals surface area contributed by atoms with Crippen LogP contribution >= 0.6 is 0 Å². The zero-order valence-corrected chi connectivity index (χ0v) is 21.8. The van der Waals surface area contributed by atoms with E-state index >= 15 is 0 Å². The summed E-state index contributed by atoms with van der Waals surface area (Å²) in [5, 5.41) is 8.81. The van der Waals surface area contributed by atoms with Gasteiger partial charge in [0.05, 0.1) is 13.2 Å². The van der Waals surface area contributed by atoms with Crippen molar-refractivity contribution in [1.29, 1.82) is 0 Å². The minimum Gasteiger partial charge on any atom is -0.490 e. The van der Waals surface area contributed by atoms with Crippen molar-refractivity contribution in [2.75, 3.05) is 33.0 Å². The standard InChI is InChI=1S/C25H42O7Si/c1-5-28-23-17-15-22(16-18-25(26)27)21-24(23)29-19-13-11-9-10-12-14-20-33(30-6-2,31-7-3)32-8-4/h15-18,21H,5-14,19-20H2,1-4H3,(H,26,27). The molecule has 0 aliphatic carbocycles. The van der Waals surface area contributed by atoms with Crippen LogP contribution in [0.4, 0.5) is 0 Å². The molecule has 0 heterocycles. The van der Waals surface area contributed by atoms with Gasteiger partial charge in [-0.1, -0.05) is 31.7 Å². The number of unbranched alkanes of at least 4 members (excludes halogenated alkanes) is 5. The fraction of sp³-hybridized carbons (Fsp3) is 0.640. The van der Waals surface area contributed by atoms with Gasteiger partial charge in [0.2, 0.25) is 0 Å². The molecule has 0 aliphatic heterocycles. The summed E-state index contributed by atoms with van der Waals surface area (Å²) in [5.74, 6) is 0.344. The third kappa shape index (κ3) is 12.2. The molecule has 0 bridgehead atoms. The zero-order valence-electron chi connectivity index (χ0n) is 20.8. The number of rotatable bonds is 20. The van der Waals surface area contributed by atoms with Crippen molar-refractivity contribution in [3.63, 3.8) is 0 Å². The predicted octanol–water partition coefficient (Wildman–Crippen LogP) is 5.95. The van der Waals surface area contributed by atoms with Gasteiger partial charge in [-0.25, -0.2) is 4.79 Å². The van der Waals surface area contributed by atoms with E-state index < -0.39 is 14.8 Å². The van der Waals surface area contributed by atoms with Crippen LogP contribution in [0.15, 0.2) is 24.3 Å². The minimum atomic E-state index is -2.51. The molecule has 33 heavy (non-hydrogen) atoms. The van der Waals surface area contributed by atoms with Crippen LogP contribution in [0.2, 0.25) is 6.04 Å². The van der Waals surface area contributed by atoms with E-state index in [0.717, 1.165) is 56.2 Å². The Morgan fingerprint density at radius 1 is 0.818 bits per heavy atom. The van der Waals surface area contributed by atoms with Crippen molar-refractivity contribution < 1.29 is 32.7 Å². The second-order valence-electron chi connectivity index (χ2n) is 7.51. The molecule has 0 amide bonds. The Kier molecular flexibility index (Phi) is 15.5. The summed E-state index contributed by atoms with van der Waals surface area (Å²) in [6, 6.07) is 6.32. The van der Waals surface area contributed by atoms with Crippen molar-refractivity contribution >= 4 is 20.8 Å². The summed E-state index contributed by atoms with van der Waals surface area (Å²) in [6.07, 6.45) is 9.20. The maximum absolute atomic E-state index is 10.7. The molecule has 188 valence electrons. The minimum absolute atomic E-state index is 0.542. The normalized spacial score (nSPS) is 11.8. The van der Waals surface area contributed by atoms with Crippen LogP contribution in [-0.2, 0) is 18.1 Å². The lowest BCUT2D eigenvalue weighted by molar-refractivity contribution is -0.131. The highest BCUT2D eigenvalue weighted by Gasteiger charge is 2.39.